The first-order valence-electron chi connectivity index (χ1n) is 10.6. The number of benzene rings is 1. The third-order valence-corrected chi connectivity index (χ3v) is 5.56. The number of carbonyl (C=O) groups is 1. The van der Waals surface area contributed by atoms with Gasteiger partial charge < -0.3 is 24.1 Å². The highest BCUT2D eigenvalue weighted by molar-refractivity contribution is 5.92. The fourth-order valence-electron chi connectivity index (χ4n) is 3.75. The second kappa shape index (κ2) is 9.49. The Labute approximate surface area is 176 Å². The summed E-state index contributed by atoms with van der Waals surface area (Å²) in [6.45, 7) is 5.90. The first-order valence-corrected chi connectivity index (χ1v) is 10.6. The summed E-state index contributed by atoms with van der Waals surface area (Å²) in [6, 6.07) is 7.68. The van der Waals surface area contributed by atoms with Crippen molar-refractivity contribution in [2.45, 2.75) is 31.7 Å². The average Bonchev–Trinajstić information content (AvgIpc) is 3.51. The molecule has 2 aromatic rings. The number of methoxy groups -OCH3 is 1. The van der Waals surface area contributed by atoms with Gasteiger partial charge >= 0.3 is 0 Å². The number of ether oxygens (including phenoxy) is 3. The monoisotopic (exact) mass is 415 g/mol. The summed E-state index contributed by atoms with van der Waals surface area (Å²) in [4.78, 5) is 15.0. The molecule has 2 fully saturated rings. The topological polar surface area (TPSA) is 86.1 Å². The Morgan fingerprint density at radius 1 is 1.27 bits per heavy atom. The predicted octanol–water partition coefficient (Wildman–Crippen LogP) is 2.76. The van der Waals surface area contributed by atoms with Crippen molar-refractivity contribution in [3.05, 3.63) is 41.3 Å². The van der Waals surface area contributed by atoms with Gasteiger partial charge in [0.2, 0.25) is 0 Å². The fraction of sp³-hybridized carbons (Fsp3) is 0.545. The lowest BCUT2D eigenvalue weighted by Gasteiger charge is -2.35. The molecule has 8 nitrogen and oxygen atoms in total. The minimum absolute atomic E-state index is 0.0165. The molecule has 2 aliphatic rings. The van der Waals surface area contributed by atoms with Crippen LogP contribution in [0.2, 0.25) is 0 Å². The van der Waals surface area contributed by atoms with Crippen molar-refractivity contribution < 1.29 is 23.5 Å². The summed E-state index contributed by atoms with van der Waals surface area (Å²) in [5.41, 5.74) is 1.39. The zero-order chi connectivity index (χ0) is 20.9. The van der Waals surface area contributed by atoms with Crippen molar-refractivity contribution >= 4 is 5.91 Å². The Bertz CT molecular complexity index is 858. The average molecular weight is 415 g/mol. The number of rotatable bonds is 9. The van der Waals surface area contributed by atoms with E-state index in [2.05, 4.69) is 15.4 Å². The van der Waals surface area contributed by atoms with E-state index in [9.17, 15) is 4.79 Å². The van der Waals surface area contributed by atoms with Crippen molar-refractivity contribution in [3.63, 3.8) is 0 Å². The van der Waals surface area contributed by atoms with E-state index in [-0.39, 0.29) is 11.9 Å². The van der Waals surface area contributed by atoms with Crippen LogP contribution in [0, 0.1) is 0 Å². The van der Waals surface area contributed by atoms with Crippen LogP contribution in [0.5, 0.6) is 11.5 Å². The van der Waals surface area contributed by atoms with Crippen LogP contribution >= 0.6 is 0 Å². The number of hydrogen-bond donors (Lipinski definition) is 1. The summed E-state index contributed by atoms with van der Waals surface area (Å²) < 4.78 is 22.0. The van der Waals surface area contributed by atoms with Crippen LogP contribution in [-0.2, 0) is 4.74 Å². The van der Waals surface area contributed by atoms with E-state index in [0.717, 1.165) is 37.3 Å². The molecular weight excluding hydrogens is 386 g/mol. The lowest BCUT2D eigenvalue weighted by atomic mass is 10.0. The fourth-order valence-corrected chi connectivity index (χ4v) is 3.75. The van der Waals surface area contributed by atoms with Crippen LogP contribution < -0.4 is 14.8 Å². The van der Waals surface area contributed by atoms with Crippen LogP contribution in [0.3, 0.4) is 0 Å². The molecule has 8 heteroatoms. The SMILES string of the molecule is CCOc1ccc(C(CNC(=O)c2cc(C3CC3)on2)N2CCOCC2)cc1OC. The number of carbonyl (C=O) groups excluding carboxylic acids is 1. The van der Waals surface area contributed by atoms with E-state index >= 15 is 0 Å². The number of aromatic nitrogens is 1. The summed E-state index contributed by atoms with van der Waals surface area (Å²) in [5.74, 6) is 2.41. The number of hydrogen-bond acceptors (Lipinski definition) is 7. The quantitative estimate of drug-likeness (QED) is 0.674. The predicted molar refractivity (Wildman–Crippen MR) is 110 cm³/mol. The molecule has 1 N–H and O–H groups in total. The van der Waals surface area contributed by atoms with Gasteiger partial charge in [-0.2, -0.15) is 0 Å². The lowest BCUT2D eigenvalue weighted by Crippen LogP contribution is -2.43. The third kappa shape index (κ3) is 4.76. The van der Waals surface area contributed by atoms with Crippen LogP contribution in [0.4, 0.5) is 0 Å². The molecule has 1 aromatic carbocycles. The summed E-state index contributed by atoms with van der Waals surface area (Å²) in [6.07, 6.45) is 2.21. The van der Waals surface area contributed by atoms with Gasteiger partial charge in [-0.15, -0.1) is 0 Å². The molecule has 1 saturated heterocycles. The number of amides is 1. The molecule has 0 spiro atoms. The second-order valence-electron chi connectivity index (χ2n) is 7.61. The number of nitrogens with one attached hydrogen (secondary N) is 1. The highest BCUT2D eigenvalue weighted by Gasteiger charge is 2.29. The molecule has 0 radical (unpaired) electrons. The Kier molecular flexibility index (Phi) is 6.54. The van der Waals surface area contributed by atoms with Gasteiger partial charge in [0.05, 0.1) is 33.0 Å². The first-order chi connectivity index (χ1) is 14.7. The summed E-state index contributed by atoms with van der Waals surface area (Å²) >= 11 is 0. The molecule has 1 saturated carbocycles. The van der Waals surface area contributed by atoms with Gasteiger partial charge in [0.1, 0.15) is 5.76 Å². The van der Waals surface area contributed by atoms with E-state index in [0.29, 0.717) is 49.5 Å². The van der Waals surface area contributed by atoms with Gasteiger partial charge in [0.25, 0.3) is 5.91 Å². The molecule has 1 aliphatic heterocycles. The Balaban J connectivity index is 1.49. The summed E-state index contributed by atoms with van der Waals surface area (Å²) in [5, 5.41) is 6.97. The maximum Gasteiger partial charge on any atom is 0.273 e. The lowest BCUT2D eigenvalue weighted by molar-refractivity contribution is 0.0161. The number of morpholine rings is 1. The molecular formula is C22H29N3O5. The van der Waals surface area contributed by atoms with Gasteiger partial charge in [-0.1, -0.05) is 11.2 Å². The molecule has 30 heavy (non-hydrogen) atoms. The minimum atomic E-state index is -0.221. The van der Waals surface area contributed by atoms with E-state index in [1.54, 1.807) is 13.2 Å². The molecule has 162 valence electrons. The van der Waals surface area contributed by atoms with Crippen molar-refractivity contribution in [2.75, 3.05) is 46.6 Å². The first kappa shape index (κ1) is 20.7. The zero-order valence-corrected chi connectivity index (χ0v) is 17.6. The third-order valence-electron chi connectivity index (χ3n) is 5.56. The van der Waals surface area contributed by atoms with Crippen LogP contribution in [-0.4, -0.2) is 62.5 Å². The highest BCUT2D eigenvalue weighted by atomic mass is 16.5. The van der Waals surface area contributed by atoms with Crippen LogP contribution in [0.15, 0.2) is 28.8 Å². The second-order valence-corrected chi connectivity index (χ2v) is 7.61. The molecule has 0 bridgehead atoms. The van der Waals surface area contributed by atoms with E-state index in [4.69, 9.17) is 18.7 Å². The molecule has 2 heterocycles. The van der Waals surface area contributed by atoms with Crippen molar-refractivity contribution in [1.82, 2.24) is 15.4 Å². The van der Waals surface area contributed by atoms with E-state index in [1.165, 1.54) is 0 Å². The molecule has 1 aromatic heterocycles. The maximum absolute atomic E-state index is 12.7. The number of nitrogens with zero attached hydrogens (tertiary/aromatic N) is 2. The Morgan fingerprint density at radius 3 is 2.77 bits per heavy atom. The molecule has 1 aliphatic carbocycles. The standard InChI is InChI=1S/C22H29N3O5/c1-3-29-19-7-6-16(12-21(19)27-2)18(25-8-10-28-11-9-25)14-23-22(26)17-13-20(30-24-17)15-4-5-15/h6-7,12-13,15,18H,3-5,8-11,14H2,1-2H3,(H,23,26). The maximum atomic E-state index is 12.7. The van der Waals surface area contributed by atoms with E-state index < -0.39 is 0 Å². The van der Waals surface area contributed by atoms with Gasteiger partial charge in [-0.3, -0.25) is 9.69 Å². The molecule has 1 amide bonds. The zero-order valence-electron chi connectivity index (χ0n) is 17.6. The van der Waals surface area contributed by atoms with Gasteiger partial charge in [-0.05, 0) is 37.5 Å². The van der Waals surface area contributed by atoms with Crippen molar-refractivity contribution in [2.24, 2.45) is 0 Å². The Hall–Kier alpha value is -2.58. The smallest absolute Gasteiger partial charge is 0.273 e. The van der Waals surface area contributed by atoms with Gasteiger partial charge in [-0.25, -0.2) is 0 Å². The molecule has 4 rings (SSSR count). The summed E-state index contributed by atoms with van der Waals surface area (Å²) in [7, 11) is 1.63. The van der Waals surface area contributed by atoms with Gasteiger partial charge in [0.15, 0.2) is 17.2 Å². The van der Waals surface area contributed by atoms with Crippen molar-refractivity contribution in [3.8, 4) is 11.5 Å². The highest BCUT2D eigenvalue weighted by Crippen LogP contribution is 2.40. The Morgan fingerprint density at radius 2 is 2.07 bits per heavy atom. The largest absolute Gasteiger partial charge is 0.493 e. The normalized spacial score (nSPS) is 18.1. The van der Waals surface area contributed by atoms with Gasteiger partial charge in [0, 0.05) is 31.6 Å². The van der Waals surface area contributed by atoms with Crippen LogP contribution in [0.25, 0.3) is 0 Å². The van der Waals surface area contributed by atoms with Crippen molar-refractivity contribution in [1.29, 1.82) is 0 Å². The van der Waals surface area contributed by atoms with E-state index in [1.807, 2.05) is 25.1 Å². The minimum Gasteiger partial charge on any atom is -0.493 e. The van der Waals surface area contributed by atoms with Crippen LogP contribution in [0.1, 0.15) is 53.5 Å². The molecule has 1 atom stereocenters. The molecule has 1 unspecified atom stereocenters.